The number of ether oxygens (including phenoxy) is 1. The van der Waals surface area contributed by atoms with Gasteiger partial charge in [0.2, 0.25) is 0 Å². The lowest BCUT2D eigenvalue weighted by atomic mass is 9.79. The molecule has 21 heavy (non-hydrogen) atoms. The molecule has 120 valence electrons. The second-order valence-electron chi connectivity index (χ2n) is 5.71. The van der Waals surface area contributed by atoms with Crippen LogP contribution in [0.1, 0.15) is 39.2 Å². The molecule has 0 saturated carbocycles. The molecule has 0 radical (unpaired) electrons. The largest absolute Gasteiger partial charge is 0.573 e. The first-order valence-corrected chi connectivity index (χ1v) is 7.33. The second kappa shape index (κ2) is 7.69. The molecule has 0 spiro atoms. The zero-order chi connectivity index (χ0) is 15.9. The summed E-state index contributed by atoms with van der Waals surface area (Å²) in [5.41, 5.74) is 1.13. The molecule has 1 aromatic carbocycles. The molecule has 1 N–H and O–H groups in total. The summed E-state index contributed by atoms with van der Waals surface area (Å²) in [5, 5.41) is 3.36. The lowest BCUT2D eigenvalue weighted by molar-refractivity contribution is -0.274. The van der Waals surface area contributed by atoms with Crippen LogP contribution in [0, 0.1) is 5.41 Å². The Labute approximate surface area is 124 Å². The minimum Gasteiger partial charge on any atom is -0.406 e. The third kappa shape index (κ3) is 6.85. The first-order chi connectivity index (χ1) is 9.78. The number of benzene rings is 1. The molecule has 5 heteroatoms. The normalized spacial score (nSPS) is 14.8. The quantitative estimate of drug-likeness (QED) is 0.761. The van der Waals surface area contributed by atoms with Crippen molar-refractivity contribution in [3.8, 4) is 5.75 Å². The van der Waals surface area contributed by atoms with Gasteiger partial charge in [0.25, 0.3) is 0 Å². The van der Waals surface area contributed by atoms with Gasteiger partial charge in [0.15, 0.2) is 0 Å². The van der Waals surface area contributed by atoms with E-state index in [-0.39, 0.29) is 11.2 Å². The van der Waals surface area contributed by atoms with Crippen LogP contribution in [0.3, 0.4) is 0 Å². The average molecular weight is 303 g/mol. The molecule has 0 bridgehead atoms. The van der Waals surface area contributed by atoms with Gasteiger partial charge in [0.05, 0.1) is 0 Å². The Morgan fingerprint density at radius 1 is 1.10 bits per heavy atom. The van der Waals surface area contributed by atoms with E-state index in [2.05, 4.69) is 30.8 Å². The van der Waals surface area contributed by atoms with Crippen LogP contribution in [0.15, 0.2) is 24.3 Å². The predicted molar refractivity (Wildman–Crippen MR) is 78.4 cm³/mol. The first-order valence-electron chi connectivity index (χ1n) is 7.33. The van der Waals surface area contributed by atoms with Crippen molar-refractivity contribution in [1.82, 2.24) is 5.32 Å². The average Bonchev–Trinajstić information content (AvgIpc) is 2.37. The fourth-order valence-electron chi connectivity index (χ4n) is 2.57. The van der Waals surface area contributed by atoms with Gasteiger partial charge in [-0.3, -0.25) is 0 Å². The molecule has 0 aromatic heterocycles. The highest BCUT2D eigenvalue weighted by atomic mass is 19.4. The fraction of sp³-hybridized carbons (Fsp3) is 0.625. The van der Waals surface area contributed by atoms with Gasteiger partial charge >= 0.3 is 6.36 Å². The summed E-state index contributed by atoms with van der Waals surface area (Å²) >= 11 is 0. The number of rotatable bonds is 8. The van der Waals surface area contributed by atoms with E-state index >= 15 is 0 Å². The molecule has 0 amide bonds. The monoisotopic (exact) mass is 303 g/mol. The van der Waals surface area contributed by atoms with Gasteiger partial charge in [-0.2, -0.15) is 0 Å². The van der Waals surface area contributed by atoms with Crippen LogP contribution < -0.4 is 10.1 Å². The standard InChI is InChI=1S/C16H24F3NO/c1-4-10-15(3,12-20-5-2)11-13-6-8-14(9-7-13)21-16(17,18)19/h6-9,20H,4-5,10-12H2,1-3H3. The highest BCUT2D eigenvalue weighted by molar-refractivity contribution is 5.28. The van der Waals surface area contributed by atoms with Crippen molar-refractivity contribution in [3.63, 3.8) is 0 Å². The Balaban J connectivity index is 2.71. The van der Waals surface area contributed by atoms with E-state index in [9.17, 15) is 13.2 Å². The highest BCUT2D eigenvalue weighted by Crippen LogP contribution is 2.29. The minimum atomic E-state index is -4.64. The van der Waals surface area contributed by atoms with Crippen molar-refractivity contribution in [2.24, 2.45) is 5.41 Å². The van der Waals surface area contributed by atoms with Crippen molar-refractivity contribution in [2.45, 2.75) is 46.4 Å². The van der Waals surface area contributed by atoms with E-state index in [1.54, 1.807) is 12.1 Å². The molecule has 0 saturated heterocycles. The highest BCUT2D eigenvalue weighted by Gasteiger charge is 2.31. The van der Waals surface area contributed by atoms with Crippen LogP contribution >= 0.6 is 0 Å². The molecule has 0 aliphatic heterocycles. The molecule has 1 unspecified atom stereocenters. The molecule has 0 aliphatic rings. The Bertz CT molecular complexity index is 417. The van der Waals surface area contributed by atoms with Gasteiger partial charge in [-0.1, -0.05) is 39.3 Å². The number of hydrogen-bond acceptors (Lipinski definition) is 2. The van der Waals surface area contributed by atoms with Gasteiger partial charge in [0, 0.05) is 6.54 Å². The maximum absolute atomic E-state index is 12.1. The van der Waals surface area contributed by atoms with Gasteiger partial charge in [-0.05, 0) is 42.5 Å². The van der Waals surface area contributed by atoms with Crippen LogP contribution in [-0.4, -0.2) is 19.5 Å². The van der Waals surface area contributed by atoms with Crippen molar-refractivity contribution >= 4 is 0 Å². The summed E-state index contributed by atoms with van der Waals surface area (Å²) in [6.07, 6.45) is -1.65. The van der Waals surface area contributed by atoms with Crippen molar-refractivity contribution in [1.29, 1.82) is 0 Å². The van der Waals surface area contributed by atoms with Gasteiger partial charge in [-0.25, -0.2) is 0 Å². The maximum Gasteiger partial charge on any atom is 0.573 e. The third-order valence-corrected chi connectivity index (χ3v) is 3.44. The smallest absolute Gasteiger partial charge is 0.406 e. The number of alkyl halides is 3. The molecular weight excluding hydrogens is 279 g/mol. The lowest BCUT2D eigenvalue weighted by Crippen LogP contribution is -2.33. The van der Waals surface area contributed by atoms with Gasteiger partial charge < -0.3 is 10.1 Å². The first kappa shape index (κ1) is 17.8. The molecule has 0 aliphatic carbocycles. The number of nitrogens with one attached hydrogen (secondary N) is 1. The third-order valence-electron chi connectivity index (χ3n) is 3.44. The van der Waals surface area contributed by atoms with E-state index in [1.165, 1.54) is 12.1 Å². The maximum atomic E-state index is 12.1. The number of halogens is 3. The molecule has 0 heterocycles. The molecule has 1 rings (SSSR count). The molecule has 2 nitrogen and oxygen atoms in total. The van der Waals surface area contributed by atoms with Gasteiger partial charge in [0.1, 0.15) is 5.75 Å². The van der Waals surface area contributed by atoms with E-state index in [1.807, 2.05) is 0 Å². The number of hydrogen-bond donors (Lipinski definition) is 1. The summed E-state index contributed by atoms with van der Waals surface area (Å²) < 4.78 is 40.3. The molecule has 0 fully saturated rings. The van der Waals surface area contributed by atoms with Crippen LogP contribution in [-0.2, 0) is 6.42 Å². The summed E-state index contributed by atoms with van der Waals surface area (Å²) in [5.74, 6) is -0.171. The molecule has 1 atom stereocenters. The summed E-state index contributed by atoms with van der Waals surface area (Å²) in [6, 6.07) is 6.17. The molecular formula is C16H24F3NO. The SMILES string of the molecule is CCCC(C)(CNCC)Cc1ccc(OC(F)(F)F)cc1. The van der Waals surface area contributed by atoms with Crippen molar-refractivity contribution in [3.05, 3.63) is 29.8 Å². The lowest BCUT2D eigenvalue weighted by Gasteiger charge is -2.30. The van der Waals surface area contributed by atoms with Crippen LogP contribution in [0.4, 0.5) is 13.2 Å². The van der Waals surface area contributed by atoms with Gasteiger partial charge in [-0.15, -0.1) is 13.2 Å². The fourth-order valence-corrected chi connectivity index (χ4v) is 2.57. The van der Waals surface area contributed by atoms with E-state index in [0.717, 1.165) is 37.9 Å². The Morgan fingerprint density at radius 3 is 2.19 bits per heavy atom. The predicted octanol–water partition coefficient (Wildman–Crippen LogP) is 4.54. The Kier molecular flexibility index (Phi) is 6.52. The zero-order valence-electron chi connectivity index (χ0n) is 12.9. The van der Waals surface area contributed by atoms with Crippen LogP contribution in [0.25, 0.3) is 0 Å². The second-order valence-corrected chi connectivity index (χ2v) is 5.71. The summed E-state index contributed by atoms with van der Waals surface area (Å²) in [7, 11) is 0. The van der Waals surface area contributed by atoms with E-state index in [0.29, 0.717) is 0 Å². The topological polar surface area (TPSA) is 21.3 Å². The van der Waals surface area contributed by atoms with Crippen LogP contribution in [0.2, 0.25) is 0 Å². The zero-order valence-corrected chi connectivity index (χ0v) is 12.9. The summed E-state index contributed by atoms with van der Waals surface area (Å²) in [6.45, 7) is 8.23. The van der Waals surface area contributed by atoms with E-state index < -0.39 is 6.36 Å². The van der Waals surface area contributed by atoms with Crippen molar-refractivity contribution < 1.29 is 17.9 Å². The minimum absolute atomic E-state index is 0.108. The Morgan fingerprint density at radius 2 is 1.71 bits per heavy atom. The summed E-state index contributed by atoms with van der Waals surface area (Å²) in [4.78, 5) is 0. The van der Waals surface area contributed by atoms with Crippen molar-refractivity contribution in [2.75, 3.05) is 13.1 Å². The molecule has 1 aromatic rings. The van der Waals surface area contributed by atoms with E-state index in [4.69, 9.17) is 0 Å². The van der Waals surface area contributed by atoms with Crippen LogP contribution in [0.5, 0.6) is 5.75 Å². The Hall–Kier alpha value is -1.23.